The maximum absolute atomic E-state index is 8.75. The molecule has 0 unspecified atom stereocenters. The first-order chi connectivity index (χ1) is 6.76. The molecule has 1 aromatic rings. The molecule has 78 valence electrons. The van der Waals surface area contributed by atoms with E-state index in [1.54, 1.807) is 7.11 Å². The maximum atomic E-state index is 8.75. The Labute approximate surface area is 84.5 Å². The van der Waals surface area contributed by atoms with Crippen molar-refractivity contribution in [1.29, 1.82) is 0 Å². The first kappa shape index (κ1) is 11.0. The van der Waals surface area contributed by atoms with E-state index in [9.17, 15) is 0 Å². The van der Waals surface area contributed by atoms with E-state index in [-0.39, 0.29) is 12.6 Å². The second-order valence-electron chi connectivity index (χ2n) is 3.33. The topological polar surface area (TPSA) is 55.5 Å². The van der Waals surface area contributed by atoms with E-state index in [0.717, 1.165) is 18.6 Å². The van der Waals surface area contributed by atoms with Crippen molar-refractivity contribution in [2.24, 2.45) is 5.73 Å². The van der Waals surface area contributed by atoms with E-state index >= 15 is 0 Å². The largest absolute Gasteiger partial charge is 0.497 e. The van der Waals surface area contributed by atoms with Gasteiger partial charge in [0, 0.05) is 6.04 Å². The van der Waals surface area contributed by atoms with Crippen LogP contribution in [0.15, 0.2) is 24.3 Å². The Morgan fingerprint density at radius 2 is 2.00 bits per heavy atom. The van der Waals surface area contributed by atoms with Gasteiger partial charge in [0.25, 0.3) is 0 Å². The highest BCUT2D eigenvalue weighted by molar-refractivity contribution is 5.27. The highest BCUT2D eigenvalue weighted by atomic mass is 16.5. The van der Waals surface area contributed by atoms with E-state index in [0.29, 0.717) is 0 Å². The molecule has 0 amide bonds. The molecule has 0 heterocycles. The number of ether oxygens (including phenoxy) is 1. The fourth-order valence-corrected chi connectivity index (χ4v) is 1.24. The lowest BCUT2D eigenvalue weighted by Gasteiger charge is -2.07. The molecule has 3 nitrogen and oxygen atoms in total. The number of hydrogen-bond acceptors (Lipinski definition) is 3. The van der Waals surface area contributed by atoms with Crippen molar-refractivity contribution in [1.82, 2.24) is 0 Å². The van der Waals surface area contributed by atoms with Crippen LogP contribution in [0.3, 0.4) is 0 Å². The summed E-state index contributed by atoms with van der Waals surface area (Å²) in [5.74, 6) is 0.861. The number of methoxy groups -OCH3 is 1. The molecule has 0 bridgehead atoms. The van der Waals surface area contributed by atoms with Gasteiger partial charge in [0.05, 0.1) is 13.7 Å². The van der Waals surface area contributed by atoms with Gasteiger partial charge >= 0.3 is 0 Å². The zero-order chi connectivity index (χ0) is 10.4. The van der Waals surface area contributed by atoms with Gasteiger partial charge in [-0.3, -0.25) is 0 Å². The minimum absolute atomic E-state index is 0.0517. The molecular weight excluding hydrogens is 178 g/mol. The van der Waals surface area contributed by atoms with Crippen molar-refractivity contribution in [3.63, 3.8) is 0 Å². The molecule has 1 aromatic carbocycles. The van der Waals surface area contributed by atoms with Gasteiger partial charge < -0.3 is 15.6 Å². The van der Waals surface area contributed by atoms with Crippen LogP contribution in [0.25, 0.3) is 0 Å². The SMILES string of the molecule is COc1ccc(CC[C@H](N)CO)cc1. The highest BCUT2D eigenvalue weighted by Crippen LogP contribution is 2.12. The Morgan fingerprint density at radius 3 is 2.50 bits per heavy atom. The van der Waals surface area contributed by atoms with Gasteiger partial charge in [0.2, 0.25) is 0 Å². The van der Waals surface area contributed by atoms with Crippen LogP contribution >= 0.6 is 0 Å². The zero-order valence-electron chi connectivity index (χ0n) is 8.44. The average molecular weight is 195 g/mol. The fraction of sp³-hybridized carbons (Fsp3) is 0.455. The van der Waals surface area contributed by atoms with Crippen LogP contribution in [0, 0.1) is 0 Å². The summed E-state index contributed by atoms with van der Waals surface area (Å²) < 4.78 is 5.05. The van der Waals surface area contributed by atoms with Crippen molar-refractivity contribution >= 4 is 0 Å². The standard InChI is InChI=1S/C11H17NO2/c1-14-11-6-3-9(4-7-11)2-5-10(12)8-13/h3-4,6-7,10,13H,2,5,8,12H2,1H3/t10-/m0/s1. The van der Waals surface area contributed by atoms with E-state index in [1.807, 2.05) is 24.3 Å². The smallest absolute Gasteiger partial charge is 0.118 e. The summed E-state index contributed by atoms with van der Waals surface area (Å²) in [4.78, 5) is 0. The van der Waals surface area contributed by atoms with Crippen LogP contribution < -0.4 is 10.5 Å². The van der Waals surface area contributed by atoms with Gasteiger partial charge in [0.15, 0.2) is 0 Å². The Bertz CT molecular complexity index is 258. The van der Waals surface area contributed by atoms with Crippen molar-refractivity contribution in [2.45, 2.75) is 18.9 Å². The highest BCUT2D eigenvalue weighted by Gasteiger charge is 2.01. The average Bonchev–Trinajstić information content (AvgIpc) is 2.26. The quantitative estimate of drug-likeness (QED) is 0.735. The Balaban J connectivity index is 2.43. The van der Waals surface area contributed by atoms with Crippen molar-refractivity contribution in [3.05, 3.63) is 29.8 Å². The molecule has 0 spiro atoms. The first-order valence-corrected chi connectivity index (χ1v) is 4.75. The number of rotatable bonds is 5. The second kappa shape index (κ2) is 5.62. The van der Waals surface area contributed by atoms with Crippen LogP contribution in [0.1, 0.15) is 12.0 Å². The lowest BCUT2D eigenvalue weighted by atomic mass is 10.1. The molecule has 0 aromatic heterocycles. The molecule has 0 fully saturated rings. The van der Waals surface area contributed by atoms with Crippen LogP contribution in [0.4, 0.5) is 0 Å². The molecule has 1 atom stereocenters. The number of aliphatic hydroxyl groups excluding tert-OH is 1. The third-order valence-corrected chi connectivity index (χ3v) is 2.20. The van der Waals surface area contributed by atoms with Gasteiger partial charge in [-0.05, 0) is 30.5 Å². The van der Waals surface area contributed by atoms with E-state index in [1.165, 1.54) is 5.56 Å². The molecule has 14 heavy (non-hydrogen) atoms. The summed E-state index contributed by atoms with van der Waals surface area (Å²) in [6.45, 7) is 0.0517. The zero-order valence-corrected chi connectivity index (χ0v) is 8.44. The Hall–Kier alpha value is -1.06. The molecule has 1 rings (SSSR count). The van der Waals surface area contributed by atoms with Gasteiger partial charge in [0.1, 0.15) is 5.75 Å². The molecule has 0 saturated carbocycles. The third-order valence-electron chi connectivity index (χ3n) is 2.20. The summed E-state index contributed by atoms with van der Waals surface area (Å²) in [7, 11) is 1.65. The van der Waals surface area contributed by atoms with E-state index in [2.05, 4.69) is 0 Å². The van der Waals surface area contributed by atoms with Crippen molar-refractivity contribution in [3.8, 4) is 5.75 Å². The van der Waals surface area contributed by atoms with E-state index in [4.69, 9.17) is 15.6 Å². The third kappa shape index (κ3) is 3.36. The van der Waals surface area contributed by atoms with Crippen LogP contribution in [-0.4, -0.2) is 24.9 Å². The first-order valence-electron chi connectivity index (χ1n) is 4.75. The summed E-state index contributed by atoms with van der Waals surface area (Å²) in [6, 6.07) is 7.78. The number of nitrogens with two attached hydrogens (primary N) is 1. The number of benzene rings is 1. The van der Waals surface area contributed by atoms with Crippen LogP contribution in [0.5, 0.6) is 5.75 Å². The van der Waals surface area contributed by atoms with Gasteiger partial charge in [-0.15, -0.1) is 0 Å². The van der Waals surface area contributed by atoms with Gasteiger partial charge in [-0.2, -0.15) is 0 Å². The molecule has 3 heteroatoms. The lowest BCUT2D eigenvalue weighted by Crippen LogP contribution is -2.24. The fourth-order valence-electron chi connectivity index (χ4n) is 1.24. The molecule has 3 N–H and O–H groups in total. The number of hydrogen-bond donors (Lipinski definition) is 2. The monoisotopic (exact) mass is 195 g/mol. The summed E-state index contributed by atoms with van der Waals surface area (Å²) in [5, 5.41) is 8.75. The maximum Gasteiger partial charge on any atom is 0.118 e. The summed E-state index contributed by atoms with van der Waals surface area (Å²) >= 11 is 0. The summed E-state index contributed by atoms with van der Waals surface area (Å²) in [5.41, 5.74) is 6.82. The Kier molecular flexibility index (Phi) is 4.43. The molecular formula is C11H17NO2. The van der Waals surface area contributed by atoms with Crippen LogP contribution in [-0.2, 0) is 6.42 Å². The summed E-state index contributed by atoms with van der Waals surface area (Å²) in [6.07, 6.45) is 1.70. The Morgan fingerprint density at radius 1 is 1.36 bits per heavy atom. The lowest BCUT2D eigenvalue weighted by molar-refractivity contribution is 0.260. The van der Waals surface area contributed by atoms with Crippen molar-refractivity contribution < 1.29 is 9.84 Å². The molecule has 0 saturated heterocycles. The van der Waals surface area contributed by atoms with E-state index < -0.39 is 0 Å². The molecule has 0 aliphatic carbocycles. The molecule has 0 aliphatic heterocycles. The predicted octanol–water partition coefficient (Wildman–Crippen LogP) is 0.947. The van der Waals surface area contributed by atoms with Gasteiger partial charge in [-0.1, -0.05) is 12.1 Å². The second-order valence-corrected chi connectivity index (χ2v) is 3.33. The number of aryl methyl sites for hydroxylation is 1. The van der Waals surface area contributed by atoms with Crippen LogP contribution in [0.2, 0.25) is 0 Å². The minimum atomic E-state index is -0.114. The molecule has 0 aliphatic rings. The predicted molar refractivity (Wildman–Crippen MR) is 56.4 cm³/mol. The van der Waals surface area contributed by atoms with Crippen molar-refractivity contribution in [2.75, 3.05) is 13.7 Å². The minimum Gasteiger partial charge on any atom is -0.497 e. The normalized spacial score (nSPS) is 12.5. The van der Waals surface area contributed by atoms with Gasteiger partial charge in [-0.25, -0.2) is 0 Å². The number of aliphatic hydroxyl groups is 1. The molecule has 0 radical (unpaired) electrons.